The third-order valence-electron chi connectivity index (χ3n) is 1.84. The number of allylic oxidation sites excluding steroid dienone is 1. The third kappa shape index (κ3) is 9.87. The summed E-state index contributed by atoms with van der Waals surface area (Å²) < 4.78 is 26.5. The molecule has 0 aliphatic heterocycles. The first-order chi connectivity index (χ1) is 8.40. The Labute approximate surface area is 164 Å². The predicted molar refractivity (Wildman–Crippen MR) is 63.3 cm³/mol. The van der Waals surface area contributed by atoms with E-state index in [9.17, 15) is 14.8 Å². The van der Waals surface area contributed by atoms with Crippen LogP contribution in [0.3, 0.4) is 0 Å². The summed E-state index contributed by atoms with van der Waals surface area (Å²) in [7, 11) is -3.59. The topological polar surface area (TPSA) is 90.9 Å². The second kappa shape index (κ2) is 13.7. The van der Waals surface area contributed by atoms with Crippen molar-refractivity contribution in [3.63, 3.8) is 0 Å². The van der Waals surface area contributed by atoms with Crippen LogP contribution >= 0.6 is 7.60 Å². The van der Waals surface area contributed by atoms with E-state index < -0.39 is 19.3 Å². The molecule has 0 atom stereocenters. The van der Waals surface area contributed by atoms with Crippen LogP contribution in [0.15, 0.2) is 23.1 Å². The smallest absolute Gasteiger partial charge is 0.872 e. The SMILES string of the molecule is CCO/C([O-])=C(C)/C([O-])=C/P(=O)(OCC)OCC.[Na+].[Na+]. The van der Waals surface area contributed by atoms with Crippen molar-refractivity contribution in [3.05, 3.63) is 23.1 Å². The van der Waals surface area contributed by atoms with Gasteiger partial charge in [0.25, 0.3) is 0 Å². The molecule has 6 nitrogen and oxygen atoms in total. The standard InChI is InChI=1S/C11H21O6P.2Na/c1-5-15-11(13)9(4)10(12)8-18(14,16-6-2)17-7-3;;/h8,12-13H,5-7H2,1-4H3;;/q;2*+1/p-2/b10-8-,11-9+;;. The Morgan fingerprint density at radius 3 is 1.85 bits per heavy atom. The molecule has 0 heterocycles. The van der Waals surface area contributed by atoms with Gasteiger partial charge in [0.05, 0.1) is 19.2 Å². The molecule has 20 heavy (non-hydrogen) atoms. The van der Waals surface area contributed by atoms with Crippen molar-refractivity contribution < 1.29 is 87.7 Å². The van der Waals surface area contributed by atoms with Crippen LogP contribution in [0.4, 0.5) is 0 Å². The fourth-order valence-electron chi connectivity index (χ4n) is 1.05. The van der Waals surface area contributed by atoms with E-state index in [4.69, 9.17) is 9.05 Å². The second-order valence-corrected chi connectivity index (χ2v) is 5.07. The normalized spacial score (nSPS) is 12.9. The van der Waals surface area contributed by atoms with E-state index in [1.165, 1.54) is 6.92 Å². The maximum atomic E-state index is 12.0. The van der Waals surface area contributed by atoms with E-state index in [0.29, 0.717) is 0 Å². The molecule has 0 saturated heterocycles. The van der Waals surface area contributed by atoms with Gasteiger partial charge in [-0.05, 0) is 33.0 Å². The van der Waals surface area contributed by atoms with E-state index in [2.05, 4.69) is 4.74 Å². The molecule has 0 spiro atoms. The quantitative estimate of drug-likeness (QED) is 0.192. The number of ether oxygens (including phenoxy) is 1. The Morgan fingerprint density at radius 1 is 1.05 bits per heavy atom. The van der Waals surface area contributed by atoms with Crippen LogP contribution < -0.4 is 69.3 Å². The Hall–Kier alpha value is 1.03. The van der Waals surface area contributed by atoms with Crippen LogP contribution in [-0.2, 0) is 18.3 Å². The van der Waals surface area contributed by atoms with Gasteiger partial charge >= 0.3 is 66.7 Å². The van der Waals surface area contributed by atoms with E-state index in [1.807, 2.05) is 0 Å². The molecule has 9 heteroatoms. The van der Waals surface area contributed by atoms with Gasteiger partial charge in [0.1, 0.15) is 0 Å². The van der Waals surface area contributed by atoms with Gasteiger partial charge in [0, 0.05) is 5.82 Å². The minimum Gasteiger partial charge on any atom is -0.872 e. The molecule has 0 aliphatic carbocycles. The number of hydrogen-bond donors (Lipinski definition) is 0. The maximum Gasteiger partial charge on any atom is 1.00 e. The summed E-state index contributed by atoms with van der Waals surface area (Å²) in [6.45, 7) is 6.64. The van der Waals surface area contributed by atoms with Crippen LogP contribution in [0.1, 0.15) is 27.7 Å². The summed E-state index contributed by atoms with van der Waals surface area (Å²) in [4.78, 5) is 0. The molecule has 0 saturated carbocycles. The monoisotopic (exact) mass is 324 g/mol. The van der Waals surface area contributed by atoms with E-state index >= 15 is 0 Å². The number of hydrogen-bond acceptors (Lipinski definition) is 6. The summed E-state index contributed by atoms with van der Waals surface area (Å²) >= 11 is 0. The van der Waals surface area contributed by atoms with Gasteiger partial charge in [-0.1, -0.05) is 12.7 Å². The molecular formula is C11H19Na2O6P. The predicted octanol–water partition coefficient (Wildman–Crippen LogP) is -4.91. The second-order valence-electron chi connectivity index (χ2n) is 3.21. The van der Waals surface area contributed by atoms with Gasteiger partial charge in [0.15, 0.2) is 0 Å². The Kier molecular flexibility index (Phi) is 17.7. The van der Waals surface area contributed by atoms with Crippen molar-refractivity contribution in [2.24, 2.45) is 0 Å². The van der Waals surface area contributed by atoms with Crippen molar-refractivity contribution in [2.45, 2.75) is 27.7 Å². The van der Waals surface area contributed by atoms with Crippen molar-refractivity contribution in [1.29, 1.82) is 0 Å². The van der Waals surface area contributed by atoms with Crippen LogP contribution in [0.2, 0.25) is 0 Å². The van der Waals surface area contributed by atoms with Crippen molar-refractivity contribution in [3.8, 4) is 0 Å². The summed E-state index contributed by atoms with van der Waals surface area (Å²) in [6.07, 6.45) is 0. The largest absolute Gasteiger partial charge is 1.00 e. The van der Waals surface area contributed by atoms with E-state index in [-0.39, 0.29) is 84.5 Å². The van der Waals surface area contributed by atoms with Crippen LogP contribution in [-0.4, -0.2) is 19.8 Å². The molecule has 0 aromatic rings. The molecule has 0 unspecified atom stereocenters. The van der Waals surface area contributed by atoms with Crippen molar-refractivity contribution >= 4 is 7.60 Å². The number of rotatable bonds is 8. The minimum atomic E-state index is -3.59. The van der Waals surface area contributed by atoms with Gasteiger partial charge in [0.2, 0.25) is 0 Å². The zero-order valence-electron chi connectivity index (χ0n) is 13.1. The molecule has 0 radical (unpaired) electrons. The van der Waals surface area contributed by atoms with Crippen LogP contribution in [0.5, 0.6) is 0 Å². The van der Waals surface area contributed by atoms with Gasteiger partial charge in [-0.2, -0.15) is 0 Å². The third-order valence-corrected chi connectivity index (χ3v) is 3.63. The maximum absolute atomic E-state index is 12.0. The van der Waals surface area contributed by atoms with Crippen molar-refractivity contribution in [1.82, 2.24) is 0 Å². The van der Waals surface area contributed by atoms with Gasteiger partial charge < -0.3 is 24.0 Å². The molecule has 0 aromatic heterocycles. The van der Waals surface area contributed by atoms with Gasteiger partial charge in [-0.3, -0.25) is 4.57 Å². The van der Waals surface area contributed by atoms with E-state index in [1.54, 1.807) is 20.8 Å². The van der Waals surface area contributed by atoms with Crippen LogP contribution in [0, 0.1) is 0 Å². The average Bonchev–Trinajstić information content (AvgIpc) is 2.28. The first-order valence-corrected chi connectivity index (χ1v) is 7.31. The molecule has 106 valence electrons. The Morgan fingerprint density at radius 2 is 1.50 bits per heavy atom. The fourth-order valence-corrected chi connectivity index (χ4v) is 2.48. The molecule has 0 amide bonds. The van der Waals surface area contributed by atoms with Gasteiger partial charge in [-0.15, -0.1) is 0 Å². The molecule has 0 aliphatic rings. The zero-order valence-corrected chi connectivity index (χ0v) is 18.0. The summed E-state index contributed by atoms with van der Waals surface area (Å²) in [6, 6.07) is 0. The Balaban J connectivity index is -0.00000144. The average molecular weight is 324 g/mol. The summed E-state index contributed by atoms with van der Waals surface area (Å²) in [5.74, 6) is -0.635. The molecule has 0 N–H and O–H groups in total. The molecule has 0 bridgehead atoms. The van der Waals surface area contributed by atoms with Crippen molar-refractivity contribution in [2.75, 3.05) is 19.8 Å². The first-order valence-electron chi connectivity index (χ1n) is 5.69. The molecular weight excluding hydrogens is 305 g/mol. The molecule has 0 rings (SSSR count). The zero-order chi connectivity index (χ0) is 14.2. The summed E-state index contributed by atoms with van der Waals surface area (Å²) in [5.41, 5.74) is -0.156. The van der Waals surface area contributed by atoms with Gasteiger partial charge in [-0.25, -0.2) is 0 Å². The van der Waals surface area contributed by atoms with E-state index in [0.717, 1.165) is 5.82 Å². The molecule has 0 fully saturated rings. The fraction of sp³-hybridized carbons (Fsp3) is 0.636. The summed E-state index contributed by atoms with van der Waals surface area (Å²) in [5, 5.41) is 23.0. The Bertz CT molecular complexity index is 360. The molecule has 0 aromatic carbocycles. The van der Waals surface area contributed by atoms with Crippen LogP contribution in [0.25, 0.3) is 0 Å². The first kappa shape index (κ1) is 26.0. The minimum absolute atomic E-state index is 0.